The Bertz CT molecular complexity index is 1410. The van der Waals surface area contributed by atoms with Crippen LogP contribution in [0.1, 0.15) is 54.0 Å². The molecule has 1 aromatic heterocycles. The van der Waals surface area contributed by atoms with Crippen molar-refractivity contribution in [3.63, 3.8) is 0 Å². The number of nitrogens with zero attached hydrogens (tertiary/aromatic N) is 2. The van der Waals surface area contributed by atoms with Crippen molar-refractivity contribution >= 4 is 29.1 Å². The molecule has 1 saturated heterocycles. The molecule has 8 heteroatoms. The van der Waals surface area contributed by atoms with Gasteiger partial charge in [0.05, 0.1) is 22.9 Å². The lowest BCUT2D eigenvalue weighted by Gasteiger charge is -2.24. The molecule has 1 N–H and O–H groups in total. The number of aliphatic hydroxyl groups excluding tert-OH is 1. The third-order valence-electron chi connectivity index (χ3n) is 6.31. The van der Waals surface area contributed by atoms with Crippen LogP contribution in [0, 0.1) is 0 Å². The van der Waals surface area contributed by atoms with Gasteiger partial charge in [0, 0.05) is 23.9 Å². The van der Waals surface area contributed by atoms with E-state index in [1.54, 1.807) is 68.6 Å². The molecule has 37 heavy (non-hydrogen) atoms. The monoisotopic (exact) mass is 498 g/mol. The van der Waals surface area contributed by atoms with Crippen LogP contribution in [0.3, 0.4) is 0 Å². The molecule has 1 amide bonds. The van der Waals surface area contributed by atoms with Gasteiger partial charge in [-0.3, -0.25) is 19.5 Å². The third-order valence-corrected chi connectivity index (χ3v) is 6.31. The molecular formula is C29H26N2O6. The zero-order valence-electron chi connectivity index (χ0n) is 20.7. The molecule has 2 aliphatic heterocycles. The number of hydrogen-bond acceptors (Lipinski definition) is 7. The fourth-order valence-corrected chi connectivity index (χ4v) is 4.68. The van der Waals surface area contributed by atoms with Gasteiger partial charge in [-0.1, -0.05) is 6.07 Å². The Balaban J connectivity index is 1.59. The van der Waals surface area contributed by atoms with Crippen molar-refractivity contribution in [2.45, 2.75) is 45.4 Å². The fourth-order valence-electron chi connectivity index (χ4n) is 4.68. The molecule has 0 saturated carbocycles. The van der Waals surface area contributed by atoms with E-state index in [0.717, 1.165) is 11.3 Å². The lowest BCUT2D eigenvalue weighted by atomic mass is 9.96. The minimum Gasteiger partial charge on any atom is -0.507 e. The van der Waals surface area contributed by atoms with Crippen LogP contribution in [0.15, 0.2) is 72.4 Å². The number of aliphatic hydroxyl groups is 1. The van der Waals surface area contributed by atoms with E-state index >= 15 is 0 Å². The minimum absolute atomic E-state index is 0.0206. The summed E-state index contributed by atoms with van der Waals surface area (Å²) in [6, 6.07) is 15.7. The third kappa shape index (κ3) is 4.46. The number of benzene rings is 2. The first-order chi connectivity index (χ1) is 17.7. The van der Waals surface area contributed by atoms with Gasteiger partial charge in [0.1, 0.15) is 23.7 Å². The van der Waals surface area contributed by atoms with Gasteiger partial charge in [-0.05, 0) is 80.9 Å². The Morgan fingerprint density at radius 1 is 1.08 bits per heavy atom. The summed E-state index contributed by atoms with van der Waals surface area (Å²) in [4.78, 5) is 44.6. The summed E-state index contributed by atoms with van der Waals surface area (Å²) >= 11 is 0. The van der Waals surface area contributed by atoms with Crippen LogP contribution >= 0.6 is 0 Å². The first kappa shape index (κ1) is 24.2. The molecule has 1 fully saturated rings. The lowest BCUT2D eigenvalue weighted by Crippen LogP contribution is -2.29. The Morgan fingerprint density at radius 3 is 2.49 bits per heavy atom. The van der Waals surface area contributed by atoms with Gasteiger partial charge in [0.15, 0.2) is 0 Å². The van der Waals surface area contributed by atoms with E-state index in [4.69, 9.17) is 9.47 Å². The van der Waals surface area contributed by atoms with E-state index in [9.17, 15) is 19.5 Å². The van der Waals surface area contributed by atoms with E-state index in [-0.39, 0.29) is 23.5 Å². The number of carbonyl (C=O) groups is 3. The van der Waals surface area contributed by atoms with Crippen molar-refractivity contribution in [3.8, 4) is 5.75 Å². The highest BCUT2D eigenvalue weighted by molar-refractivity contribution is 6.51. The molecule has 2 aromatic carbocycles. The molecule has 5 rings (SSSR count). The second kappa shape index (κ2) is 9.54. The number of pyridine rings is 1. The summed E-state index contributed by atoms with van der Waals surface area (Å²) in [6.07, 6.45) is 1.99. The van der Waals surface area contributed by atoms with Crippen molar-refractivity contribution in [2.24, 2.45) is 0 Å². The molecule has 0 bridgehead atoms. The molecular weight excluding hydrogens is 472 g/mol. The minimum atomic E-state index is -0.960. The predicted octanol–water partition coefficient (Wildman–Crippen LogP) is 4.60. The zero-order chi connectivity index (χ0) is 26.3. The SMILES string of the molecule is CC(C)OC(=O)c1ccc(N2C(=O)C(=O)/C(=C(\O)c3ccc4c(c3)CC(C)O4)C2c2ccccn2)cc1. The fraction of sp³-hybridized carbons (Fsp3) is 0.241. The highest BCUT2D eigenvalue weighted by atomic mass is 16.5. The lowest BCUT2D eigenvalue weighted by molar-refractivity contribution is -0.132. The van der Waals surface area contributed by atoms with E-state index in [1.807, 2.05) is 6.92 Å². The molecule has 2 atom stereocenters. The van der Waals surface area contributed by atoms with Gasteiger partial charge in [0.2, 0.25) is 0 Å². The molecule has 0 aliphatic carbocycles. The quantitative estimate of drug-likeness (QED) is 0.237. The van der Waals surface area contributed by atoms with Gasteiger partial charge in [-0.2, -0.15) is 0 Å². The van der Waals surface area contributed by atoms with Crippen LogP contribution in [0.4, 0.5) is 5.69 Å². The van der Waals surface area contributed by atoms with Gasteiger partial charge < -0.3 is 14.6 Å². The summed E-state index contributed by atoms with van der Waals surface area (Å²) in [5.74, 6) is -1.65. The van der Waals surface area contributed by atoms with E-state index in [0.29, 0.717) is 28.9 Å². The van der Waals surface area contributed by atoms with E-state index < -0.39 is 23.7 Å². The second-order valence-electron chi connectivity index (χ2n) is 9.38. The maximum Gasteiger partial charge on any atom is 0.338 e. The molecule has 3 heterocycles. The predicted molar refractivity (Wildman–Crippen MR) is 136 cm³/mol. The number of ketones is 1. The normalized spacial score (nSPS) is 20.2. The standard InChI is InChI=1S/C29H26N2O6/c1-16(2)36-29(35)18-7-10-21(11-8-18)31-25(22-6-4-5-13-30-22)24(27(33)28(31)34)26(32)19-9-12-23-20(15-19)14-17(3)37-23/h4-13,15-17,25,32H,14H2,1-3H3/b26-24-. The van der Waals surface area contributed by atoms with E-state index in [1.165, 1.54) is 17.0 Å². The first-order valence-electron chi connectivity index (χ1n) is 12.1. The Kier molecular flexibility index (Phi) is 6.25. The largest absolute Gasteiger partial charge is 0.507 e. The highest BCUT2D eigenvalue weighted by Gasteiger charge is 2.47. The van der Waals surface area contributed by atoms with E-state index in [2.05, 4.69) is 4.98 Å². The Hall–Kier alpha value is -4.46. The maximum atomic E-state index is 13.3. The summed E-state index contributed by atoms with van der Waals surface area (Å²) in [6.45, 7) is 5.47. The molecule has 8 nitrogen and oxygen atoms in total. The van der Waals surface area contributed by atoms with Crippen molar-refractivity contribution in [2.75, 3.05) is 4.90 Å². The zero-order valence-corrected chi connectivity index (χ0v) is 20.7. The van der Waals surface area contributed by atoms with Gasteiger partial charge in [-0.25, -0.2) is 4.79 Å². The van der Waals surface area contributed by atoms with Gasteiger partial charge >= 0.3 is 5.97 Å². The van der Waals surface area contributed by atoms with Crippen LogP contribution in [-0.4, -0.2) is 40.0 Å². The number of ether oxygens (including phenoxy) is 2. The summed E-state index contributed by atoms with van der Waals surface area (Å²) < 4.78 is 11.0. The molecule has 3 aromatic rings. The molecule has 188 valence electrons. The number of rotatable bonds is 5. The summed E-state index contributed by atoms with van der Waals surface area (Å²) in [5.41, 5.74) is 2.40. The summed E-state index contributed by atoms with van der Waals surface area (Å²) in [7, 11) is 0. The number of aromatic nitrogens is 1. The molecule has 2 aliphatic rings. The second-order valence-corrected chi connectivity index (χ2v) is 9.38. The van der Waals surface area contributed by atoms with Crippen molar-refractivity contribution < 1.29 is 29.0 Å². The van der Waals surface area contributed by atoms with Gasteiger partial charge in [0.25, 0.3) is 11.7 Å². The van der Waals surface area contributed by atoms with Crippen LogP contribution in [0.25, 0.3) is 5.76 Å². The number of Topliss-reactive ketones (excluding diaryl/α,β-unsaturated/α-hetero) is 1. The van der Waals surface area contributed by atoms with Crippen LogP contribution in [-0.2, 0) is 20.7 Å². The Labute approximate surface area is 214 Å². The number of fused-ring (bicyclic) bond motifs is 1. The van der Waals surface area contributed by atoms with Crippen molar-refractivity contribution in [1.82, 2.24) is 4.98 Å². The van der Waals surface area contributed by atoms with Gasteiger partial charge in [-0.15, -0.1) is 0 Å². The number of carbonyl (C=O) groups excluding carboxylic acids is 3. The molecule has 2 unspecified atom stereocenters. The average Bonchev–Trinajstić information content (AvgIpc) is 3.39. The maximum absolute atomic E-state index is 13.3. The Morgan fingerprint density at radius 2 is 1.81 bits per heavy atom. The molecule has 0 spiro atoms. The van der Waals surface area contributed by atoms with Crippen LogP contribution < -0.4 is 9.64 Å². The molecule has 0 radical (unpaired) electrons. The van der Waals surface area contributed by atoms with Crippen LogP contribution in [0.2, 0.25) is 0 Å². The number of esters is 1. The summed E-state index contributed by atoms with van der Waals surface area (Å²) in [5, 5.41) is 11.4. The van der Waals surface area contributed by atoms with Crippen LogP contribution in [0.5, 0.6) is 5.75 Å². The smallest absolute Gasteiger partial charge is 0.338 e. The number of hydrogen-bond donors (Lipinski definition) is 1. The topological polar surface area (TPSA) is 106 Å². The number of anilines is 1. The highest BCUT2D eigenvalue weighted by Crippen LogP contribution is 2.42. The number of amides is 1. The first-order valence-corrected chi connectivity index (χ1v) is 12.1. The average molecular weight is 499 g/mol. The van der Waals surface area contributed by atoms with Crippen molar-refractivity contribution in [1.29, 1.82) is 0 Å². The van der Waals surface area contributed by atoms with Crippen molar-refractivity contribution in [3.05, 3.63) is 94.8 Å².